The van der Waals surface area contributed by atoms with Gasteiger partial charge in [0.25, 0.3) is 5.91 Å². The Morgan fingerprint density at radius 2 is 1.88 bits per heavy atom. The number of nitrogens with zero attached hydrogens (tertiary/aromatic N) is 3. The molecule has 24 heavy (non-hydrogen) atoms. The van der Waals surface area contributed by atoms with E-state index in [1.807, 2.05) is 30.3 Å². The van der Waals surface area contributed by atoms with Crippen LogP contribution in [-0.2, 0) is 4.79 Å². The Bertz CT molecular complexity index is 762. The summed E-state index contributed by atoms with van der Waals surface area (Å²) >= 11 is 0. The van der Waals surface area contributed by atoms with E-state index in [0.717, 1.165) is 18.5 Å². The molecule has 2 aliphatic heterocycles. The van der Waals surface area contributed by atoms with Gasteiger partial charge in [0, 0.05) is 25.2 Å². The minimum atomic E-state index is -0.270. The molecule has 3 heterocycles. The molecule has 124 valence electrons. The number of aromatic amines is 1. The van der Waals surface area contributed by atoms with Gasteiger partial charge in [-0.3, -0.25) is 14.7 Å². The number of carbonyl (C=O) groups excluding carboxylic acids is 2. The maximum atomic E-state index is 12.6. The molecule has 2 saturated heterocycles. The maximum Gasteiger partial charge on any atom is 0.291 e. The summed E-state index contributed by atoms with van der Waals surface area (Å²) in [6, 6.07) is 9.54. The summed E-state index contributed by atoms with van der Waals surface area (Å²) in [5.74, 6) is 0.752. The first kappa shape index (κ1) is 14.9. The van der Waals surface area contributed by atoms with E-state index in [1.165, 1.54) is 0 Å². The molecular formula is C17H19N5O2. The Morgan fingerprint density at radius 3 is 2.54 bits per heavy atom. The molecule has 2 N–H and O–H groups in total. The lowest BCUT2D eigenvalue weighted by Gasteiger charge is -2.36. The fraction of sp³-hybridized carbons (Fsp3) is 0.412. The van der Waals surface area contributed by atoms with Crippen molar-refractivity contribution in [1.82, 2.24) is 25.4 Å². The minimum Gasteiger partial charge on any atom is -0.356 e. The molecule has 0 unspecified atom stereocenters. The highest BCUT2D eigenvalue weighted by Gasteiger charge is 2.45. The summed E-state index contributed by atoms with van der Waals surface area (Å²) in [6.07, 6.45) is 2.29. The first-order valence-corrected chi connectivity index (χ1v) is 8.23. The fourth-order valence-corrected chi connectivity index (χ4v) is 3.55. The first-order valence-electron chi connectivity index (χ1n) is 8.23. The molecule has 0 saturated carbocycles. The zero-order valence-electron chi connectivity index (χ0n) is 13.3. The number of piperidine rings is 1. The van der Waals surface area contributed by atoms with E-state index in [0.29, 0.717) is 31.8 Å². The number of hydrogen-bond donors (Lipinski definition) is 2. The summed E-state index contributed by atoms with van der Waals surface area (Å²) in [7, 11) is 0. The van der Waals surface area contributed by atoms with Gasteiger partial charge in [0.15, 0.2) is 5.82 Å². The van der Waals surface area contributed by atoms with E-state index in [4.69, 9.17) is 0 Å². The van der Waals surface area contributed by atoms with Crippen LogP contribution in [0.1, 0.15) is 29.9 Å². The quantitative estimate of drug-likeness (QED) is 0.868. The Hall–Kier alpha value is -2.70. The molecular weight excluding hydrogens is 306 g/mol. The smallest absolute Gasteiger partial charge is 0.291 e. The Kier molecular flexibility index (Phi) is 3.55. The van der Waals surface area contributed by atoms with Gasteiger partial charge in [-0.1, -0.05) is 30.3 Å². The van der Waals surface area contributed by atoms with Crippen molar-refractivity contribution in [3.05, 3.63) is 36.2 Å². The van der Waals surface area contributed by atoms with Crippen LogP contribution in [-0.4, -0.2) is 51.5 Å². The predicted molar refractivity (Wildman–Crippen MR) is 87.0 cm³/mol. The number of carbonyl (C=O) groups is 2. The van der Waals surface area contributed by atoms with Crippen molar-refractivity contribution in [2.45, 2.75) is 19.3 Å². The number of benzene rings is 1. The maximum absolute atomic E-state index is 12.6. The second-order valence-corrected chi connectivity index (χ2v) is 6.45. The van der Waals surface area contributed by atoms with Crippen molar-refractivity contribution in [2.24, 2.45) is 5.41 Å². The number of rotatable bonds is 2. The van der Waals surface area contributed by atoms with Crippen molar-refractivity contribution < 1.29 is 9.59 Å². The number of nitrogens with one attached hydrogen (secondary N) is 2. The van der Waals surface area contributed by atoms with Crippen LogP contribution in [0.15, 0.2) is 30.3 Å². The molecule has 2 aliphatic rings. The van der Waals surface area contributed by atoms with Crippen LogP contribution in [0.4, 0.5) is 0 Å². The van der Waals surface area contributed by atoms with Crippen molar-refractivity contribution in [3.63, 3.8) is 0 Å². The van der Waals surface area contributed by atoms with Gasteiger partial charge in [0.1, 0.15) is 0 Å². The van der Waals surface area contributed by atoms with Crippen LogP contribution in [0.25, 0.3) is 11.4 Å². The molecule has 1 aromatic carbocycles. The van der Waals surface area contributed by atoms with Crippen molar-refractivity contribution in [2.75, 3.05) is 19.6 Å². The molecule has 2 aromatic rings. The van der Waals surface area contributed by atoms with Gasteiger partial charge in [0.05, 0.1) is 5.41 Å². The zero-order chi connectivity index (χ0) is 16.6. The van der Waals surface area contributed by atoms with Gasteiger partial charge in [-0.15, -0.1) is 0 Å². The lowest BCUT2D eigenvalue weighted by Crippen LogP contribution is -2.46. The van der Waals surface area contributed by atoms with Crippen LogP contribution in [0.5, 0.6) is 0 Å². The van der Waals surface area contributed by atoms with E-state index in [2.05, 4.69) is 20.5 Å². The molecule has 0 radical (unpaired) electrons. The number of likely N-dealkylation sites (tertiary alicyclic amines) is 1. The van der Waals surface area contributed by atoms with Crippen LogP contribution < -0.4 is 5.32 Å². The van der Waals surface area contributed by atoms with Crippen LogP contribution >= 0.6 is 0 Å². The summed E-state index contributed by atoms with van der Waals surface area (Å²) in [5, 5.41) is 9.78. The van der Waals surface area contributed by atoms with Gasteiger partial charge in [-0.2, -0.15) is 5.10 Å². The molecule has 0 bridgehead atoms. The third-order valence-electron chi connectivity index (χ3n) is 5.10. The lowest BCUT2D eigenvalue weighted by molar-refractivity contribution is -0.129. The second-order valence-electron chi connectivity index (χ2n) is 6.45. The van der Waals surface area contributed by atoms with Crippen molar-refractivity contribution in [1.29, 1.82) is 0 Å². The molecule has 2 fully saturated rings. The van der Waals surface area contributed by atoms with E-state index < -0.39 is 0 Å². The van der Waals surface area contributed by atoms with Crippen LogP contribution in [0, 0.1) is 5.41 Å². The summed E-state index contributed by atoms with van der Waals surface area (Å²) in [5.41, 5.74) is 0.598. The highest BCUT2D eigenvalue weighted by Crippen LogP contribution is 2.38. The largest absolute Gasteiger partial charge is 0.356 e. The molecule has 7 heteroatoms. The van der Waals surface area contributed by atoms with Gasteiger partial charge in [0.2, 0.25) is 11.7 Å². The monoisotopic (exact) mass is 325 g/mol. The minimum absolute atomic E-state index is 0.139. The van der Waals surface area contributed by atoms with E-state index in [-0.39, 0.29) is 23.1 Å². The second kappa shape index (κ2) is 5.74. The molecule has 4 rings (SSSR count). The number of aromatic nitrogens is 3. The van der Waals surface area contributed by atoms with E-state index in [9.17, 15) is 9.59 Å². The highest BCUT2D eigenvalue weighted by atomic mass is 16.2. The van der Waals surface area contributed by atoms with Gasteiger partial charge in [-0.25, -0.2) is 4.98 Å². The Labute approximate surface area is 139 Å². The third kappa shape index (κ3) is 2.46. The lowest BCUT2D eigenvalue weighted by atomic mass is 9.77. The fourth-order valence-electron chi connectivity index (χ4n) is 3.55. The standard InChI is InChI=1S/C17H19N5O2/c23-15(14-19-13(20-21-14)12-4-2-1-3-5-12)22-10-7-17(8-11-22)6-9-18-16(17)24/h1-5H,6-11H2,(H,18,24)(H,19,20,21). The van der Waals surface area contributed by atoms with Gasteiger partial charge < -0.3 is 10.2 Å². The topological polar surface area (TPSA) is 91.0 Å². The van der Waals surface area contributed by atoms with Crippen molar-refractivity contribution >= 4 is 11.8 Å². The summed E-state index contributed by atoms with van der Waals surface area (Å²) in [4.78, 5) is 30.7. The van der Waals surface area contributed by atoms with Gasteiger partial charge >= 0.3 is 0 Å². The summed E-state index contributed by atoms with van der Waals surface area (Å²) in [6.45, 7) is 1.90. The van der Waals surface area contributed by atoms with Crippen LogP contribution in [0.3, 0.4) is 0 Å². The molecule has 2 amide bonds. The number of hydrogen-bond acceptors (Lipinski definition) is 4. The molecule has 7 nitrogen and oxygen atoms in total. The average molecular weight is 325 g/mol. The Balaban J connectivity index is 1.46. The zero-order valence-corrected chi connectivity index (χ0v) is 13.3. The van der Waals surface area contributed by atoms with Gasteiger partial charge in [-0.05, 0) is 19.3 Å². The highest BCUT2D eigenvalue weighted by molar-refractivity contribution is 5.91. The van der Waals surface area contributed by atoms with Crippen LogP contribution in [0.2, 0.25) is 0 Å². The predicted octanol–water partition coefficient (Wildman–Crippen LogP) is 1.21. The molecule has 0 aliphatic carbocycles. The van der Waals surface area contributed by atoms with E-state index >= 15 is 0 Å². The summed E-state index contributed by atoms with van der Waals surface area (Å²) < 4.78 is 0. The number of H-pyrrole nitrogens is 1. The SMILES string of the molecule is O=C(c1nc(-c2ccccc2)n[nH]1)N1CCC2(CCNC2=O)CC1. The normalized spacial score (nSPS) is 19.5. The Morgan fingerprint density at radius 1 is 1.12 bits per heavy atom. The molecule has 0 atom stereocenters. The van der Waals surface area contributed by atoms with E-state index in [1.54, 1.807) is 4.90 Å². The number of amides is 2. The van der Waals surface area contributed by atoms with Crippen molar-refractivity contribution in [3.8, 4) is 11.4 Å². The third-order valence-corrected chi connectivity index (χ3v) is 5.10. The average Bonchev–Trinajstić information content (AvgIpc) is 3.24. The molecule has 1 spiro atoms. The molecule has 1 aromatic heterocycles. The first-order chi connectivity index (χ1) is 11.7.